The molecule has 0 aliphatic heterocycles. The SMILES string of the molecule is C=Cc1ccc(C=C2C=C/C=C/C=C\C=C/2)c2c1C2. The van der Waals surface area contributed by atoms with E-state index in [1.807, 2.05) is 30.4 Å². The third-order valence-electron chi connectivity index (χ3n) is 3.41. The smallest absolute Gasteiger partial charge is 0.000775 e. The number of rotatable bonds is 2. The Balaban J connectivity index is 1.95. The Morgan fingerprint density at radius 3 is 2.05 bits per heavy atom. The van der Waals surface area contributed by atoms with E-state index in [0.717, 1.165) is 6.42 Å². The normalized spacial score (nSPS) is 22.8. The van der Waals surface area contributed by atoms with Gasteiger partial charge in [-0.1, -0.05) is 73.4 Å². The topological polar surface area (TPSA) is 0 Å². The molecule has 0 heterocycles. The molecule has 0 unspecified atom stereocenters. The second-order valence-electron chi connectivity index (χ2n) is 4.71. The maximum atomic E-state index is 3.85. The van der Waals surface area contributed by atoms with Crippen molar-refractivity contribution in [3.63, 3.8) is 0 Å². The lowest BCUT2D eigenvalue weighted by Crippen LogP contribution is -1.77. The molecule has 0 nitrogen and oxygen atoms in total. The summed E-state index contributed by atoms with van der Waals surface area (Å²) in [6.07, 6.45) is 21.9. The third kappa shape index (κ3) is 2.58. The van der Waals surface area contributed by atoms with Crippen LogP contribution in [0.25, 0.3) is 12.2 Å². The first-order valence-corrected chi connectivity index (χ1v) is 6.55. The first-order chi connectivity index (χ1) is 9.38. The Bertz CT molecular complexity index is 638. The second-order valence-corrected chi connectivity index (χ2v) is 4.71. The van der Waals surface area contributed by atoms with Gasteiger partial charge in [0, 0.05) is 0 Å². The largest absolute Gasteiger partial charge is 0.0985 e. The average Bonchev–Trinajstić information content (AvgIpc) is 3.19. The predicted molar refractivity (Wildman–Crippen MR) is 83.9 cm³/mol. The molecule has 0 N–H and O–H groups in total. The van der Waals surface area contributed by atoms with Crippen LogP contribution in [0.5, 0.6) is 0 Å². The molecule has 0 spiro atoms. The van der Waals surface area contributed by atoms with Gasteiger partial charge < -0.3 is 0 Å². The molecule has 3 rings (SSSR count). The van der Waals surface area contributed by atoms with E-state index in [4.69, 9.17) is 0 Å². The highest BCUT2D eigenvalue weighted by Gasteiger charge is 2.22. The molecule has 1 aromatic carbocycles. The zero-order chi connectivity index (χ0) is 13.1. The van der Waals surface area contributed by atoms with Crippen LogP contribution in [-0.4, -0.2) is 0 Å². The van der Waals surface area contributed by atoms with Gasteiger partial charge in [-0.25, -0.2) is 0 Å². The summed E-state index contributed by atoms with van der Waals surface area (Å²) in [6, 6.07) is 4.35. The van der Waals surface area contributed by atoms with E-state index >= 15 is 0 Å². The van der Waals surface area contributed by atoms with Crippen LogP contribution in [0, 0.1) is 0 Å². The number of hydrogen-bond donors (Lipinski definition) is 0. The summed E-state index contributed by atoms with van der Waals surface area (Å²) >= 11 is 0. The molecule has 2 aliphatic carbocycles. The standard InChI is InChI=1S/C19H16/c1-2-16-11-12-17(19-14-18(16)19)13-15-9-7-5-3-4-6-8-10-15/h2-13H,1,14H2/b5-3-,6-4+,9-7-,10-8?,15-13?. The van der Waals surface area contributed by atoms with Gasteiger partial charge in [-0.05, 0) is 40.3 Å². The predicted octanol–water partition coefficient (Wildman–Crippen LogP) is 4.86. The summed E-state index contributed by atoms with van der Waals surface area (Å²) < 4.78 is 0. The van der Waals surface area contributed by atoms with Gasteiger partial charge in [0.2, 0.25) is 0 Å². The van der Waals surface area contributed by atoms with Crippen LogP contribution in [0.4, 0.5) is 0 Å². The van der Waals surface area contributed by atoms with Crippen LogP contribution in [0.2, 0.25) is 0 Å². The highest BCUT2D eigenvalue weighted by molar-refractivity contribution is 5.73. The van der Waals surface area contributed by atoms with Gasteiger partial charge in [0.25, 0.3) is 0 Å². The van der Waals surface area contributed by atoms with Crippen molar-refractivity contribution in [2.75, 3.05) is 0 Å². The molecule has 0 bridgehead atoms. The van der Waals surface area contributed by atoms with Crippen molar-refractivity contribution in [1.29, 1.82) is 0 Å². The van der Waals surface area contributed by atoms with Crippen molar-refractivity contribution in [3.8, 4) is 0 Å². The Kier molecular flexibility index (Phi) is 3.16. The molecular weight excluding hydrogens is 228 g/mol. The summed E-state index contributed by atoms with van der Waals surface area (Å²) in [5.74, 6) is 0. The van der Waals surface area contributed by atoms with Crippen molar-refractivity contribution >= 4 is 12.2 Å². The van der Waals surface area contributed by atoms with Gasteiger partial charge in [-0.15, -0.1) is 0 Å². The van der Waals surface area contributed by atoms with Crippen LogP contribution in [-0.2, 0) is 6.42 Å². The summed E-state index contributed by atoms with van der Waals surface area (Å²) in [4.78, 5) is 0. The molecule has 0 aromatic heterocycles. The maximum Gasteiger partial charge on any atom is -0.000775 e. The van der Waals surface area contributed by atoms with Crippen molar-refractivity contribution in [3.05, 3.63) is 95.1 Å². The molecule has 0 fully saturated rings. The summed E-state index contributed by atoms with van der Waals surface area (Å²) in [5.41, 5.74) is 6.76. The quantitative estimate of drug-likeness (QED) is 0.708. The fourth-order valence-corrected chi connectivity index (χ4v) is 2.31. The number of allylic oxidation sites excluding steroid dienone is 9. The van der Waals surface area contributed by atoms with Crippen LogP contribution in [0.15, 0.2) is 72.9 Å². The van der Waals surface area contributed by atoms with Crippen molar-refractivity contribution in [2.24, 2.45) is 0 Å². The fraction of sp³-hybridized carbons (Fsp3) is 0.0526. The van der Waals surface area contributed by atoms with Crippen LogP contribution >= 0.6 is 0 Å². The summed E-state index contributed by atoms with van der Waals surface area (Å²) in [6.45, 7) is 3.85. The molecule has 0 heteroatoms. The minimum absolute atomic E-state index is 1.11. The van der Waals surface area contributed by atoms with Crippen molar-refractivity contribution < 1.29 is 0 Å². The minimum Gasteiger partial charge on any atom is -0.0985 e. The molecular formula is C19H16. The first-order valence-electron chi connectivity index (χ1n) is 6.55. The van der Waals surface area contributed by atoms with E-state index in [0.29, 0.717) is 0 Å². The maximum absolute atomic E-state index is 3.85. The first kappa shape index (κ1) is 11.7. The van der Waals surface area contributed by atoms with Gasteiger partial charge in [-0.3, -0.25) is 0 Å². The van der Waals surface area contributed by atoms with Gasteiger partial charge in [0.05, 0.1) is 0 Å². The van der Waals surface area contributed by atoms with E-state index in [1.54, 1.807) is 0 Å². The summed E-state index contributed by atoms with van der Waals surface area (Å²) in [7, 11) is 0. The van der Waals surface area contributed by atoms with E-state index in [1.165, 1.54) is 27.8 Å². The Labute approximate surface area is 114 Å². The second kappa shape index (κ2) is 5.11. The van der Waals surface area contributed by atoms with E-state index in [-0.39, 0.29) is 0 Å². The highest BCUT2D eigenvalue weighted by Crippen LogP contribution is 2.36. The zero-order valence-electron chi connectivity index (χ0n) is 10.8. The number of fused-ring (bicyclic) bond motifs is 1. The van der Waals surface area contributed by atoms with Gasteiger partial charge in [-0.2, -0.15) is 0 Å². The molecule has 0 radical (unpaired) electrons. The molecule has 1 aromatic rings. The monoisotopic (exact) mass is 244 g/mol. The van der Waals surface area contributed by atoms with E-state index in [2.05, 4.69) is 49.1 Å². The van der Waals surface area contributed by atoms with Gasteiger partial charge in [0.1, 0.15) is 0 Å². The van der Waals surface area contributed by atoms with E-state index in [9.17, 15) is 0 Å². The Hall–Kier alpha value is -2.34. The lowest BCUT2D eigenvalue weighted by molar-refractivity contribution is 1.58. The molecule has 0 atom stereocenters. The van der Waals surface area contributed by atoms with Gasteiger partial charge in [0.15, 0.2) is 0 Å². The molecule has 0 saturated carbocycles. The van der Waals surface area contributed by atoms with Gasteiger partial charge >= 0.3 is 0 Å². The lowest BCUT2D eigenvalue weighted by atomic mass is 10.1. The fourth-order valence-electron chi connectivity index (χ4n) is 2.31. The van der Waals surface area contributed by atoms with Crippen LogP contribution in [0.3, 0.4) is 0 Å². The number of benzene rings is 1. The van der Waals surface area contributed by atoms with Crippen LogP contribution < -0.4 is 0 Å². The third-order valence-corrected chi connectivity index (χ3v) is 3.41. The van der Waals surface area contributed by atoms with Crippen molar-refractivity contribution in [2.45, 2.75) is 6.42 Å². The van der Waals surface area contributed by atoms with Crippen molar-refractivity contribution in [1.82, 2.24) is 0 Å². The molecule has 19 heavy (non-hydrogen) atoms. The highest BCUT2D eigenvalue weighted by atomic mass is 14.3. The summed E-state index contributed by atoms with van der Waals surface area (Å²) in [5, 5.41) is 0. The van der Waals surface area contributed by atoms with Crippen LogP contribution in [0.1, 0.15) is 22.3 Å². The molecule has 0 amide bonds. The minimum atomic E-state index is 1.11. The molecule has 2 aliphatic rings. The zero-order valence-corrected chi connectivity index (χ0v) is 10.8. The number of hydrogen-bond acceptors (Lipinski definition) is 0. The lowest BCUT2D eigenvalue weighted by Gasteiger charge is -1.97. The Morgan fingerprint density at radius 2 is 1.37 bits per heavy atom. The van der Waals surface area contributed by atoms with E-state index < -0.39 is 0 Å². The Morgan fingerprint density at radius 1 is 0.789 bits per heavy atom. The average molecular weight is 244 g/mol. The molecule has 92 valence electrons. The molecule has 0 saturated heterocycles.